The minimum absolute atomic E-state index is 0.118. The number of nitrogens with one attached hydrogen (secondary N) is 2. The summed E-state index contributed by atoms with van der Waals surface area (Å²) in [5.41, 5.74) is -0.566. The number of fused-ring (bicyclic) bond motifs is 1. The molecule has 0 bridgehead atoms. The number of amides is 2. The van der Waals surface area contributed by atoms with Crippen molar-refractivity contribution in [2.45, 2.75) is 12.7 Å². The average molecular weight is 363 g/mol. The van der Waals surface area contributed by atoms with Crippen molar-refractivity contribution in [3.63, 3.8) is 0 Å². The summed E-state index contributed by atoms with van der Waals surface area (Å²) >= 11 is 0. The Morgan fingerprint density at radius 3 is 2.65 bits per heavy atom. The van der Waals surface area contributed by atoms with Crippen LogP contribution in [0.15, 0.2) is 54.9 Å². The fourth-order valence-corrected chi connectivity index (χ4v) is 2.48. The van der Waals surface area contributed by atoms with Gasteiger partial charge in [0.1, 0.15) is 5.82 Å². The first-order valence-electron chi connectivity index (χ1n) is 7.58. The Morgan fingerprint density at radius 2 is 1.92 bits per heavy atom. The summed E-state index contributed by atoms with van der Waals surface area (Å²) in [6, 6.07) is 9.02. The third-order valence-electron chi connectivity index (χ3n) is 3.72. The Kier molecular flexibility index (Phi) is 4.75. The number of hydrogen-bond acceptors (Lipinski definition) is 2. The van der Waals surface area contributed by atoms with Gasteiger partial charge in [-0.15, -0.1) is 0 Å². The molecule has 0 aliphatic carbocycles. The molecule has 0 aliphatic heterocycles. The van der Waals surface area contributed by atoms with Crippen LogP contribution in [0.1, 0.15) is 11.1 Å². The molecule has 0 fully saturated rings. The monoisotopic (exact) mass is 363 g/mol. The Hall–Kier alpha value is -3.16. The van der Waals surface area contributed by atoms with E-state index in [1.165, 1.54) is 0 Å². The van der Waals surface area contributed by atoms with Crippen molar-refractivity contribution in [1.29, 1.82) is 0 Å². The summed E-state index contributed by atoms with van der Waals surface area (Å²) in [4.78, 5) is 16.0. The molecular formula is C18H13F4N3O. The summed E-state index contributed by atoms with van der Waals surface area (Å²) in [5.74, 6) is -1.38. The van der Waals surface area contributed by atoms with Gasteiger partial charge in [0.05, 0.1) is 11.3 Å². The first-order chi connectivity index (χ1) is 12.3. The molecule has 0 saturated heterocycles. The van der Waals surface area contributed by atoms with Crippen molar-refractivity contribution in [2.24, 2.45) is 0 Å². The lowest BCUT2D eigenvalue weighted by molar-refractivity contribution is -0.140. The Bertz CT molecular complexity index is 951. The molecule has 0 unspecified atom stereocenters. The number of anilines is 1. The maximum Gasteiger partial charge on any atom is 0.419 e. The molecule has 3 rings (SSSR count). The maximum atomic E-state index is 13.5. The van der Waals surface area contributed by atoms with Gasteiger partial charge in [0.15, 0.2) is 0 Å². The topological polar surface area (TPSA) is 54.0 Å². The van der Waals surface area contributed by atoms with Crippen LogP contribution in [-0.2, 0) is 12.7 Å². The van der Waals surface area contributed by atoms with Crippen molar-refractivity contribution < 1.29 is 22.4 Å². The molecule has 1 aromatic heterocycles. The van der Waals surface area contributed by atoms with E-state index in [1.807, 2.05) is 6.07 Å². The summed E-state index contributed by atoms with van der Waals surface area (Å²) in [6.45, 7) is -0.118. The van der Waals surface area contributed by atoms with E-state index in [1.54, 1.807) is 30.6 Å². The number of rotatable bonds is 3. The van der Waals surface area contributed by atoms with Crippen molar-refractivity contribution >= 4 is 22.5 Å². The highest BCUT2D eigenvalue weighted by atomic mass is 19.4. The molecule has 0 radical (unpaired) electrons. The summed E-state index contributed by atoms with van der Waals surface area (Å²) in [6.07, 6.45) is -1.50. The minimum atomic E-state index is -4.75. The Morgan fingerprint density at radius 1 is 1.12 bits per heavy atom. The molecule has 26 heavy (non-hydrogen) atoms. The SMILES string of the molecule is O=C(NCc1ccc(C(F)(F)F)c(F)c1)Nc1cccc2cnccc12. The van der Waals surface area contributed by atoms with E-state index in [4.69, 9.17) is 0 Å². The number of halogens is 4. The summed E-state index contributed by atoms with van der Waals surface area (Å²) < 4.78 is 51.2. The van der Waals surface area contributed by atoms with Crippen LogP contribution in [0.4, 0.5) is 28.0 Å². The zero-order valence-corrected chi connectivity index (χ0v) is 13.3. The lowest BCUT2D eigenvalue weighted by Crippen LogP contribution is -2.28. The van der Waals surface area contributed by atoms with Gasteiger partial charge in [-0.2, -0.15) is 13.2 Å². The van der Waals surface area contributed by atoms with Gasteiger partial charge in [0.25, 0.3) is 0 Å². The van der Waals surface area contributed by atoms with Gasteiger partial charge in [-0.05, 0) is 29.8 Å². The van der Waals surface area contributed by atoms with Gasteiger partial charge < -0.3 is 10.6 Å². The second-order valence-corrected chi connectivity index (χ2v) is 5.52. The van der Waals surface area contributed by atoms with Gasteiger partial charge in [-0.3, -0.25) is 4.98 Å². The predicted octanol–water partition coefficient (Wildman–Crippen LogP) is 4.71. The van der Waals surface area contributed by atoms with Crippen molar-refractivity contribution in [2.75, 3.05) is 5.32 Å². The molecule has 2 amide bonds. The first-order valence-corrected chi connectivity index (χ1v) is 7.58. The molecule has 8 heteroatoms. The van der Waals surface area contributed by atoms with Crippen molar-refractivity contribution in [3.8, 4) is 0 Å². The van der Waals surface area contributed by atoms with E-state index in [0.29, 0.717) is 11.8 Å². The fourth-order valence-electron chi connectivity index (χ4n) is 2.48. The van der Waals surface area contributed by atoms with Crippen LogP contribution in [0.3, 0.4) is 0 Å². The number of urea groups is 1. The Labute approximate surface area is 145 Å². The van der Waals surface area contributed by atoms with Crippen molar-refractivity contribution in [3.05, 3.63) is 71.8 Å². The molecule has 3 aromatic rings. The lowest BCUT2D eigenvalue weighted by Gasteiger charge is -2.11. The van der Waals surface area contributed by atoms with E-state index in [-0.39, 0.29) is 12.1 Å². The second-order valence-electron chi connectivity index (χ2n) is 5.52. The third-order valence-corrected chi connectivity index (χ3v) is 3.72. The van der Waals surface area contributed by atoms with E-state index >= 15 is 0 Å². The number of carbonyl (C=O) groups excluding carboxylic acids is 1. The van der Waals surface area contributed by atoms with Gasteiger partial charge in [0, 0.05) is 29.7 Å². The molecule has 2 N–H and O–H groups in total. The summed E-state index contributed by atoms with van der Waals surface area (Å²) in [7, 11) is 0. The zero-order chi connectivity index (χ0) is 18.7. The highest BCUT2D eigenvalue weighted by molar-refractivity contribution is 6.01. The number of nitrogens with zero attached hydrogens (tertiary/aromatic N) is 1. The zero-order valence-electron chi connectivity index (χ0n) is 13.3. The number of alkyl halides is 3. The van der Waals surface area contributed by atoms with Gasteiger partial charge in [0.2, 0.25) is 0 Å². The van der Waals surface area contributed by atoms with Crippen molar-refractivity contribution in [1.82, 2.24) is 10.3 Å². The van der Waals surface area contributed by atoms with Gasteiger partial charge in [-0.1, -0.05) is 18.2 Å². The smallest absolute Gasteiger partial charge is 0.334 e. The van der Waals surface area contributed by atoms with Gasteiger partial charge >= 0.3 is 12.2 Å². The highest BCUT2D eigenvalue weighted by Crippen LogP contribution is 2.31. The van der Waals surface area contributed by atoms with Crippen LogP contribution >= 0.6 is 0 Å². The molecule has 1 heterocycles. The van der Waals surface area contributed by atoms with Crippen LogP contribution < -0.4 is 10.6 Å². The number of benzene rings is 2. The van der Waals surface area contributed by atoms with Crippen LogP contribution in [0.5, 0.6) is 0 Å². The molecular weight excluding hydrogens is 350 g/mol. The molecule has 134 valence electrons. The molecule has 4 nitrogen and oxygen atoms in total. The van der Waals surface area contributed by atoms with E-state index in [2.05, 4.69) is 15.6 Å². The van der Waals surface area contributed by atoms with Crippen LogP contribution in [0.25, 0.3) is 10.8 Å². The predicted molar refractivity (Wildman–Crippen MR) is 89.0 cm³/mol. The normalized spacial score (nSPS) is 11.4. The number of carbonyl (C=O) groups is 1. The minimum Gasteiger partial charge on any atom is -0.334 e. The van der Waals surface area contributed by atoms with Crippen LogP contribution in [-0.4, -0.2) is 11.0 Å². The lowest BCUT2D eigenvalue weighted by atomic mass is 10.1. The fraction of sp³-hybridized carbons (Fsp3) is 0.111. The van der Waals surface area contributed by atoms with E-state index in [0.717, 1.165) is 22.9 Å². The number of hydrogen-bond donors (Lipinski definition) is 2. The average Bonchev–Trinajstić information content (AvgIpc) is 2.59. The van der Waals surface area contributed by atoms with Crippen LogP contribution in [0.2, 0.25) is 0 Å². The maximum absolute atomic E-state index is 13.5. The Balaban J connectivity index is 1.67. The highest BCUT2D eigenvalue weighted by Gasteiger charge is 2.33. The number of pyridine rings is 1. The van der Waals surface area contributed by atoms with Crippen LogP contribution in [0, 0.1) is 5.82 Å². The molecule has 0 spiro atoms. The molecule has 0 saturated carbocycles. The number of aromatic nitrogens is 1. The molecule has 0 atom stereocenters. The summed E-state index contributed by atoms with van der Waals surface area (Å²) in [5, 5.41) is 6.77. The van der Waals surface area contributed by atoms with Gasteiger partial charge in [-0.25, -0.2) is 9.18 Å². The van der Waals surface area contributed by atoms with E-state index < -0.39 is 23.6 Å². The first kappa shape index (κ1) is 17.7. The third kappa shape index (κ3) is 3.90. The largest absolute Gasteiger partial charge is 0.419 e. The quantitative estimate of drug-likeness (QED) is 0.662. The van der Waals surface area contributed by atoms with E-state index in [9.17, 15) is 22.4 Å². The standard InChI is InChI=1S/C18H13F4N3O/c19-15-8-11(4-5-14(15)18(20,21)22)9-24-17(26)25-16-3-1-2-12-10-23-7-6-13(12)16/h1-8,10H,9H2,(H2,24,25,26). The molecule has 0 aliphatic rings. The molecule has 2 aromatic carbocycles. The second kappa shape index (κ2) is 6.99.